The van der Waals surface area contributed by atoms with Crippen LogP contribution < -0.4 is 0 Å². The van der Waals surface area contributed by atoms with E-state index in [0.29, 0.717) is 22.9 Å². The lowest BCUT2D eigenvalue weighted by molar-refractivity contribution is 0.0704. The van der Waals surface area contributed by atoms with Crippen molar-refractivity contribution in [3.05, 3.63) is 41.4 Å². The van der Waals surface area contributed by atoms with Gasteiger partial charge in [0.15, 0.2) is 4.96 Å². The number of fused-ring (bicyclic) bond motifs is 1. The van der Waals surface area contributed by atoms with Crippen molar-refractivity contribution in [1.82, 2.24) is 24.1 Å². The van der Waals surface area contributed by atoms with Crippen LogP contribution in [-0.4, -0.2) is 52.2 Å². The van der Waals surface area contributed by atoms with Gasteiger partial charge >= 0.3 is 0 Å². The van der Waals surface area contributed by atoms with E-state index in [1.165, 1.54) is 11.3 Å². The molecule has 23 heavy (non-hydrogen) atoms. The third kappa shape index (κ3) is 2.59. The molecule has 1 amide bonds. The molecule has 0 spiro atoms. The highest BCUT2D eigenvalue weighted by Gasteiger charge is 2.33. The van der Waals surface area contributed by atoms with Crippen LogP contribution in [0.25, 0.3) is 4.96 Å². The van der Waals surface area contributed by atoms with E-state index < -0.39 is 10.8 Å². The molecule has 2 atom stereocenters. The highest BCUT2D eigenvalue weighted by atomic mass is 32.2. The Morgan fingerprint density at radius 3 is 3.04 bits per heavy atom. The van der Waals surface area contributed by atoms with Gasteiger partial charge in [-0.3, -0.25) is 18.1 Å². The number of carbonyl (C=O) groups excluding carboxylic acids is 1. The number of aryl methyl sites for hydroxylation is 1. The molecule has 120 valence electrons. The molecule has 0 bridgehead atoms. The molecule has 2 unspecified atom stereocenters. The first-order valence-electron chi connectivity index (χ1n) is 7.19. The van der Waals surface area contributed by atoms with Crippen molar-refractivity contribution in [2.24, 2.45) is 7.05 Å². The average Bonchev–Trinajstić information content (AvgIpc) is 3.21. The van der Waals surface area contributed by atoms with Gasteiger partial charge in [0.05, 0.1) is 12.2 Å². The molecule has 0 N–H and O–H groups in total. The molecule has 1 fully saturated rings. The first-order chi connectivity index (χ1) is 11.1. The fraction of sp³-hybridized carbons (Fsp3) is 0.357. The first-order valence-corrected chi connectivity index (χ1v) is 9.49. The Balaban J connectivity index is 1.67. The van der Waals surface area contributed by atoms with Gasteiger partial charge in [-0.15, -0.1) is 0 Å². The number of carbonyl (C=O) groups is 1. The second kappa shape index (κ2) is 5.57. The Morgan fingerprint density at radius 2 is 2.30 bits per heavy atom. The van der Waals surface area contributed by atoms with Crippen LogP contribution in [-0.2, 0) is 17.8 Å². The maximum atomic E-state index is 12.9. The van der Waals surface area contributed by atoms with Crippen LogP contribution >= 0.6 is 11.3 Å². The summed E-state index contributed by atoms with van der Waals surface area (Å²) in [6.07, 6.45) is 8.97. The fourth-order valence-electron chi connectivity index (χ4n) is 2.80. The number of rotatable bonds is 2. The Kier molecular flexibility index (Phi) is 3.53. The Labute approximate surface area is 139 Å². The largest absolute Gasteiger partial charge is 0.329 e. The van der Waals surface area contributed by atoms with Gasteiger partial charge in [-0.2, -0.15) is 5.10 Å². The summed E-state index contributed by atoms with van der Waals surface area (Å²) in [5.74, 6) is 0.941. The van der Waals surface area contributed by atoms with Crippen LogP contribution in [0.5, 0.6) is 0 Å². The van der Waals surface area contributed by atoms with Crippen molar-refractivity contribution in [3.63, 3.8) is 0 Å². The molecule has 3 aromatic rings. The SMILES string of the molecule is Cn1cc(C2CS(=O)CCN2C(=O)c2cn3ccnc3s2)cn1. The standard InChI is InChI=1S/C14H15N5O2S2/c1-17-7-10(6-16-17)11-9-23(21)5-4-19(11)13(20)12-8-18-3-2-15-14(18)22-12/h2-3,6-8,11H,4-5,9H2,1H3. The molecule has 4 rings (SSSR count). The summed E-state index contributed by atoms with van der Waals surface area (Å²) in [7, 11) is 0.930. The molecule has 1 aliphatic rings. The van der Waals surface area contributed by atoms with Gasteiger partial charge in [-0.1, -0.05) is 11.3 Å². The Morgan fingerprint density at radius 1 is 1.43 bits per heavy atom. The summed E-state index contributed by atoms with van der Waals surface area (Å²) in [6.45, 7) is 0.491. The number of hydrogen-bond donors (Lipinski definition) is 0. The lowest BCUT2D eigenvalue weighted by Gasteiger charge is -2.34. The quantitative estimate of drug-likeness (QED) is 0.694. The molecule has 7 nitrogen and oxygen atoms in total. The molecule has 1 saturated heterocycles. The maximum absolute atomic E-state index is 12.9. The predicted molar refractivity (Wildman–Crippen MR) is 87.9 cm³/mol. The van der Waals surface area contributed by atoms with E-state index in [1.807, 2.05) is 28.7 Å². The molecule has 4 heterocycles. The molecule has 1 aliphatic heterocycles. The van der Waals surface area contributed by atoms with Crippen LogP contribution in [0.1, 0.15) is 21.3 Å². The zero-order valence-electron chi connectivity index (χ0n) is 12.5. The number of nitrogens with zero attached hydrogens (tertiary/aromatic N) is 5. The van der Waals surface area contributed by atoms with Gasteiger partial charge in [0.1, 0.15) is 4.88 Å². The van der Waals surface area contributed by atoms with Gasteiger partial charge in [-0.25, -0.2) is 4.98 Å². The molecule has 0 radical (unpaired) electrons. The third-order valence-corrected chi connectivity index (χ3v) is 6.28. The zero-order chi connectivity index (χ0) is 16.0. The number of imidazole rings is 1. The van der Waals surface area contributed by atoms with Crippen molar-refractivity contribution in [1.29, 1.82) is 0 Å². The topological polar surface area (TPSA) is 72.5 Å². The van der Waals surface area contributed by atoms with E-state index in [-0.39, 0.29) is 11.9 Å². The van der Waals surface area contributed by atoms with E-state index in [0.717, 1.165) is 10.5 Å². The first kappa shape index (κ1) is 14.6. The summed E-state index contributed by atoms with van der Waals surface area (Å²) < 4.78 is 15.5. The molecule has 3 aromatic heterocycles. The van der Waals surface area contributed by atoms with Crippen molar-refractivity contribution in [2.45, 2.75) is 6.04 Å². The third-order valence-electron chi connectivity index (χ3n) is 3.95. The molecular formula is C14H15N5O2S2. The summed E-state index contributed by atoms with van der Waals surface area (Å²) in [5, 5.41) is 4.18. The normalized spacial score (nSPS) is 21.9. The van der Waals surface area contributed by atoms with E-state index in [9.17, 15) is 9.00 Å². The summed E-state index contributed by atoms with van der Waals surface area (Å²) in [5.41, 5.74) is 0.926. The number of aromatic nitrogens is 4. The van der Waals surface area contributed by atoms with E-state index >= 15 is 0 Å². The molecule has 0 aromatic carbocycles. The van der Waals surface area contributed by atoms with Crippen molar-refractivity contribution in [2.75, 3.05) is 18.1 Å². The van der Waals surface area contributed by atoms with Crippen LogP contribution in [0.3, 0.4) is 0 Å². The smallest absolute Gasteiger partial charge is 0.266 e. The van der Waals surface area contributed by atoms with Crippen molar-refractivity contribution >= 4 is 33.0 Å². The maximum Gasteiger partial charge on any atom is 0.266 e. The second-order valence-corrected chi connectivity index (χ2v) is 8.12. The minimum atomic E-state index is -0.907. The number of amides is 1. The molecule has 0 aliphatic carbocycles. The summed E-state index contributed by atoms with van der Waals surface area (Å²) >= 11 is 1.37. The number of thiazole rings is 1. The van der Waals surface area contributed by atoms with Crippen LogP contribution in [0.15, 0.2) is 31.0 Å². The van der Waals surface area contributed by atoms with Crippen molar-refractivity contribution in [3.8, 4) is 0 Å². The van der Waals surface area contributed by atoms with Gasteiger partial charge in [0, 0.05) is 66.2 Å². The van der Waals surface area contributed by atoms with Gasteiger partial charge < -0.3 is 4.90 Å². The minimum Gasteiger partial charge on any atom is -0.329 e. The highest BCUT2D eigenvalue weighted by molar-refractivity contribution is 7.85. The lowest BCUT2D eigenvalue weighted by atomic mass is 10.1. The van der Waals surface area contributed by atoms with Crippen molar-refractivity contribution < 1.29 is 9.00 Å². The lowest BCUT2D eigenvalue weighted by Crippen LogP contribution is -2.44. The predicted octanol–water partition coefficient (Wildman–Crippen LogP) is 1.08. The fourth-order valence-corrected chi connectivity index (χ4v) is 5.00. The second-order valence-electron chi connectivity index (χ2n) is 5.48. The van der Waals surface area contributed by atoms with Gasteiger partial charge in [-0.05, 0) is 0 Å². The van der Waals surface area contributed by atoms with Crippen LogP contribution in [0.4, 0.5) is 0 Å². The zero-order valence-corrected chi connectivity index (χ0v) is 14.1. The van der Waals surface area contributed by atoms with E-state index in [4.69, 9.17) is 0 Å². The van der Waals surface area contributed by atoms with E-state index in [2.05, 4.69) is 10.1 Å². The van der Waals surface area contributed by atoms with E-state index in [1.54, 1.807) is 23.3 Å². The Bertz CT molecular complexity index is 867. The summed E-state index contributed by atoms with van der Waals surface area (Å²) in [4.78, 5) is 20.4. The molecule has 9 heteroatoms. The van der Waals surface area contributed by atoms with Crippen LogP contribution in [0.2, 0.25) is 0 Å². The van der Waals surface area contributed by atoms with Crippen LogP contribution in [0, 0.1) is 0 Å². The highest BCUT2D eigenvalue weighted by Crippen LogP contribution is 2.28. The number of hydrogen-bond acceptors (Lipinski definition) is 5. The van der Waals surface area contributed by atoms with Gasteiger partial charge in [0.25, 0.3) is 5.91 Å². The minimum absolute atomic E-state index is 0.0361. The average molecular weight is 349 g/mol. The Hall–Kier alpha value is -2.00. The molecular weight excluding hydrogens is 334 g/mol. The monoisotopic (exact) mass is 349 g/mol. The molecule has 0 saturated carbocycles. The van der Waals surface area contributed by atoms with Gasteiger partial charge in [0.2, 0.25) is 0 Å². The summed E-state index contributed by atoms with van der Waals surface area (Å²) in [6, 6.07) is -0.194.